The molecule has 1 fully saturated rings. The summed E-state index contributed by atoms with van der Waals surface area (Å²) < 4.78 is 9.71. The summed E-state index contributed by atoms with van der Waals surface area (Å²) in [5.74, 6) is 0. The van der Waals surface area contributed by atoms with Crippen LogP contribution < -0.4 is 0 Å². The molecule has 4 atom stereocenters. The first kappa shape index (κ1) is 10.8. The molecule has 1 rings (SSSR count). The van der Waals surface area contributed by atoms with Gasteiger partial charge in [0.15, 0.2) is 0 Å². The number of hydrogen-bond acceptors (Lipinski definition) is 6. The Labute approximate surface area is 75.3 Å². The van der Waals surface area contributed by atoms with Crippen molar-refractivity contribution < 1.29 is 29.9 Å². The average Bonchev–Trinajstić information content (AvgIpc) is 2.67. The highest BCUT2D eigenvalue weighted by Crippen LogP contribution is 2.12. The Morgan fingerprint density at radius 2 is 2.00 bits per heavy atom. The van der Waals surface area contributed by atoms with Crippen LogP contribution in [0.4, 0.5) is 0 Å². The third kappa shape index (κ3) is 2.60. The maximum Gasteiger partial charge on any atom is 0.147 e. The van der Waals surface area contributed by atoms with Gasteiger partial charge in [-0.25, -0.2) is 0 Å². The van der Waals surface area contributed by atoms with E-state index in [1.807, 2.05) is 0 Å². The van der Waals surface area contributed by atoms with E-state index < -0.39 is 31.0 Å². The molecule has 0 aliphatic carbocycles. The second-order valence-corrected chi connectivity index (χ2v) is 2.92. The number of rotatable bonds is 4. The van der Waals surface area contributed by atoms with Crippen LogP contribution in [0, 0.1) is 0 Å². The van der Waals surface area contributed by atoms with E-state index in [2.05, 4.69) is 0 Å². The van der Waals surface area contributed by atoms with E-state index in [0.717, 1.165) is 0 Å². The van der Waals surface area contributed by atoms with E-state index in [9.17, 15) is 10.2 Å². The van der Waals surface area contributed by atoms with E-state index in [-0.39, 0.29) is 13.4 Å². The lowest BCUT2D eigenvalue weighted by Crippen LogP contribution is -2.46. The van der Waals surface area contributed by atoms with Gasteiger partial charge in [-0.15, -0.1) is 0 Å². The summed E-state index contributed by atoms with van der Waals surface area (Å²) in [6, 6.07) is 0. The zero-order valence-corrected chi connectivity index (χ0v) is 7.04. The number of aliphatic hydroxyl groups is 4. The average molecular weight is 194 g/mol. The van der Waals surface area contributed by atoms with Gasteiger partial charge in [0.2, 0.25) is 0 Å². The smallest absolute Gasteiger partial charge is 0.147 e. The van der Waals surface area contributed by atoms with Crippen molar-refractivity contribution in [2.24, 2.45) is 0 Å². The third-order valence-corrected chi connectivity index (χ3v) is 1.96. The Morgan fingerprint density at radius 3 is 2.46 bits per heavy atom. The van der Waals surface area contributed by atoms with E-state index in [1.54, 1.807) is 0 Å². The lowest BCUT2D eigenvalue weighted by Gasteiger charge is -2.24. The van der Waals surface area contributed by atoms with E-state index >= 15 is 0 Å². The maximum absolute atomic E-state index is 9.39. The topological polar surface area (TPSA) is 99.4 Å². The summed E-state index contributed by atoms with van der Waals surface area (Å²) >= 11 is 0. The number of ether oxygens (including phenoxy) is 2. The van der Waals surface area contributed by atoms with Gasteiger partial charge in [-0.3, -0.25) is 0 Å². The molecule has 0 aromatic heterocycles. The molecule has 4 N–H and O–H groups in total. The minimum Gasteiger partial charge on any atom is -0.394 e. The summed E-state index contributed by atoms with van der Waals surface area (Å²) in [6.07, 6.45) is -4.67. The normalized spacial score (nSPS) is 30.0. The van der Waals surface area contributed by atoms with Crippen molar-refractivity contribution >= 4 is 0 Å². The van der Waals surface area contributed by atoms with Crippen molar-refractivity contribution in [1.82, 2.24) is 0 Å². The molecule has 0 spiro atoms. The molecule has 6 heteroatoms. The molecule has 78 valence electrons. The molecule has 0 radical (unpaired) electrons. The van der Waals surface area contributed by atoms with Gasteiger partial charge in [0.1, 0.15) is 31.2 Å². The molecule has 0 aromatic carbocycles. The monoisotopic (exact) mass is 194 g/mol. The largest absolute Gasteiger partial charge is 0.394 e. The van der Waals surface area contributed by atoms with Crippen LogP contribution >= 0.6 is 0 Å². The van der Waals surface area contributed by atoms with Crippen molar-refractivity contribution in [3.8, 4) is 0 Å². The lowest BCUT2D eigenvalue weighted by molar-refractivity contribution is -0.116. The third-order valence-electron chi connectivity index (χ3n) is 1.96. The van der Waals surface area contributed by atoms with Crippen molar-refractivity contribution in [2.45, 2.75) is 24.4 Å². The molecule has 1 saturated heterocycles. The summed E-state index contributed by atoms with van der Waals surface area (Å²) in [5, 5.41) is 36.1. The van der Waals surface area contributed by atoms with Crippen molar-refractivity contribution in [3.63, 3.8) is 0 Å². The molecule has 0 bridgehead atoms. The molecule has 1 aliphatic rings. The van der Waals surface area contributed by atoms with Crippen LogP contribution in [-0.2, 0) is 9.47 Å². The summed E-state index contributed by atoms with van der Waals surface area (Å²) in [5.41, 5.74) is 0. The van der Waals surface area contributed by atoms with Crippen LogP contribution in [-0.4, -0.2) is 64.8 Å². The molecule has 1 aliphatic heterocycles. The van der Waals surface area contributed by atoms with Crippen LogP contribution in [0.25, 0.3) is 0 Å². The second kappa shape index (κ2) is 4.85. The summed E-state index contributed by atoms with van der Waals surface area (Å²) in [7, 11) is 0. The summed E-state index contributed by atoms with van der Waals surface area (Å²) in [4.78, 5) is 0. The Morgan fingerprint density at radius 1 is 1.31 bits per heavy atom. The molecule has 0 aromatic rings. The van der Waals surface area contributed by atoms with Gasteiger partial charge in [0, 0.05) is 0 Å². The first-order chi connectivity index (χ1) is 6.16. The van der Waals surface area contributed by atoms with Crippen LogP contribution in [0.3, 0.4) is 0 Å². The van der Waals surface area contributed by atoms with Gasteiger partial charge in [-0.2, -0.15) is 0 Å². The highest BCUT2D eigenvalue weighted by Gasteiger charge is 2.34. The molecular weight excluding hydrogens is 180 g/mol. The van der Waals surface area contributed by atoms with Crippen LogP contribution in [0.2, 0.25) is 0 Å². The molecule has 4 unspecified atom stereocenters. The maximum atomic E-state index is 9.39. The first-order valence-electron chi connectivity index (χ1n) is 4.01. The predicted octanol–water partition coefficient (Wildman–Crippen LogP) is -2.57. The fourth-order valence-electron chi connectivity index (χ4n) is 1.10. The Balaban J connectivity index is 2.40. The summed E-state index contributed by atoms with van der Waals surface area (Å²) in [6.45, 7) is -0.355. The van der Waals surface area contributed by atoms with Crippen molar-refractivity contribution in [2.75, 3.05) is 20.0 Å². The van der Waals surface area contributed by atoms with Crippen molar-refractivity contribution in [1.29, 1.82) is 0 Å². The van der Waals surface area contributed by atoms with Crippen LogP contribution in [0.1, 0.15) is 0 Å². The quantitative estimate of drug-likeness (QED) is 0.393. The molecule has 0 amide bonds. The van der Waals surface area contributed by atoms with Crippen molar-refractivity contribution in [3.05, 3.63) is 0 Å². The minimum atomic E-state index is -1.42. The van der Waals surface area contributed by atoms with Gasteiger partial charge < -0.3 is 29.9 Å². The number of hydrogen-bond donors (Lipinski definition) is 4. The second-order valence-electron chi connectivity index (χ2n) is 2.92. The zero-order chi connectivity index (χ0) is 9.84. The first-order valence-corrected chi connectivity index (χ1v) is 4.01. The SMILES string of the molecule is OCC(O)C(O)C(O)C1COCO1. The van der Waals surface area contributed by atoms with Gasteiger partial charge in [0.25, 0.3) is 0 Å². The lowest BCUT2D eigenvalue weighted by atomic mass is 10.0. The standard InChI is InChI=1S/C7H14O6/c8-1-4(9)6(10)7(11)5-2-12-3-13-5/h4-11H,1-3H2. The van der Waals surface area contributed by atoms with Gasteiger partial charge in [-0.05, 0) is 0 Å². The van der Waals surface area contributed by atoms with Gasteiger partial charge in [-0.1, -0.05) is 0 Å². The Hall–Kier alpha value is -0.240. The van der Waals surface area contributed by atoms with E-state index in [1.165, 1.54) is 0 Å². The Bertz CT molecular complexity index is 146. The molecule has 13 heavy (non-hydrogen) atoms. The number of aliphatic hydroxyl groups excluding tert-OH is 4. The van der Waals surface area contributed by atoms with Crippen LogP contribution in [0.5, 0.6) is 0 Å². The zero-order valence-electron chi connectivity index (χ0n) is 7.04. The van der Waals surface area contributed by atoms with Gasteiger partial charge >= 0.3 is 0 Å². The minimum absolute atomic E-state index is 0.0731. The van der Waals surface area contributed by atoms with E-state index in [4.69, 9.17) is 19.7 Å². The van der Waals surface area contributed by atoms with Gasteiger partial charge in [0.05, 0.1) is 13.2 Å². The molecule has 0 saturated carbocycles. The van der Waals surface area contributed by atoms with Crippen LogP contribution in [0.15, 0.2) is 0 Å². The predicted molar refractivity (Wildman–Crippen MR) is 40.8 cm³/mol. The fourth-order valence-corrected chi connectivity index (χ4v) is 1.10. The highest BCUT2D eigenvalue weighted by molar-refractivity contribution is 4.82. The van der Waals surface area contributed by atoms with E-state index in [0.29, 0.717) is 0 Å². The Kier molecular flexibility index (Phi) is 4.04. The fraction of sp³-hybridized carbons (Fsp3) is 1.00. The molecule has 1 heterocycles. The molecular formula is C7H14O6. The molecule has 6 nitrogen and oxygen atoms in total. The highest BCUT2D eigenvalue weighted by atomic mass is 16.7.